The van der Waals surface area contributed by atoms with Gasteiger partial charge in [-0.2, -0.15) is 0 Å². The molecule has 0 aliphatic carbocycles. The second-order valence-electron chi connectivity index (χ2n) is 12.8. The highest BCUT2D eigenvalue weighted by atomic mass is 31.0. The molecule has 0 aromatic rings. The molecule has 0 fully saturated rings. The molecule has 264 valence electrons. The number of unbranched alkanes of at least 4 members (excludes halogenated alkanes) is 22. The van der Waals surface area contributed by atoms with E-state index in [1.807, 2.05) is 0 Å². The molecule has 0 amide bonds. The molecule has 6 heteroatoms. The van der Waals surface area contributed by atoms with E-state index >= 15 is 0 Å². The number of hydrogen-bond donors (Lipinski definition) is 1. The summed E-state index contributed by atoms with van der Waals surface area (Å²) in [5.74, 6) is -1.38. The van der Waals surface area contributed by atoms with Crippen LogP contribution in [0.2, 0.25) is 0 Å². The zero-order valence-corrected chi connectivity index (χ0v) is 30.8. The molecule has 1 N–H and O–H groups in total. The van der Waals surface area contributed by atoms with Crippen LogP contribution in [-0.2, 0) is 19.1 Å². The first-order valence-electron chi connectivity index (χ1n) is 19.1. The molecule has 5 nitrogen and oxygen atoms in total. The van der Waals surface area contributed by atoms with Crippen LogP contribution in [0, 0.1) is 0 Å². The first-order valence-corrected chi connectivity index (χ1v) is 19.8. The SMILES string of the molecule is CCCCCCCC/C=C\CCCCCCCC(=O)OC(P)C(CO)OC(=O)CCCCCCC/C=C\CCCCCCCC. The molecule has 0 aliphatic heterocycles. The standard InChI is InChI=1S/C39H73O5P/c1-3-5-7-9-11-13-15-17-19-21-23-25-27-29-31-33-37(41)43-36(35-40)39(45)44-38(42)34-32-30-28-26-24-22-20-18-16-14-12-10-8-6-4-2/h17-20,36,39-40H,3-16,21-35,45H2,1-2H3/b19-17-,20-18-. The summed E-state index contributed by atoms with van der Waals surface area (Å²) in [6, 6.07) is 0. The maximum atomic E-state index is 12.3. The van der Waals surface area contributed by atoms with E-state index in [2.05, 4.69) is 47.4 Å². The minimum absolute atomic E-state index is 0.306. The van der Waals surface area contributed by atoms with Crippen molar-refractivity contribution in [2.45, 2.75) is 206 Å². The Bertz CT molecular complexity index is 708. The van der Waals surface area contributed by atoms with E-state index < -0.39 is 11.9 Å². The quantitative estimate of drug-likeness (QED) is 0.0324. The molecule has 0 saturated heterocycles. The zero-order valence-electron chi connectivity index (χ0n) is 29.6. The lowest BCUT2D eigenvalue weighted by molar-refractivity contribution is -0.164. The monoisotopic (exact) mass is 653 g/mol. The van der Waals surface area contributed by atoms with Gasteiger partial charge in [0.1, 0.15) is 0 Å². The van der Waals surface area contributed by atoms with Crippen molar-refractivity contribution in [2.24, 2.45) is 0 Å². The molecule has 0 spiro atoms. The Kier molecular flexibility index (Phi) is 34.7. The number of hydrogen-bond acceptors (Lipinski definition) is 5. The van der Waals surface area contributed by atoms with Gasteiger partial charge in [-0.3, -0.25) is 9.59 Å². The maximum Gasteiger partial charge on any atom is 0.306 e. The molecular weight excluding hydrogens is 579 g/mol. The first kappa shape index (κ1) is 43.8. The molecule has 0 saturated carbocycles. The summed E-state index contributed by atoms with van der Waals surface area (Å²) >= 11 is 0. The molecule has 0 aliphatic rings. The average Bonchev–Trinajstić information content (AvgIpc) is 3.03. The highest BCUT2D eigenvalue weighted by Gasteiger charge is 2.24. The summed E-state index contributed by atoms with van der Waals surface area (Å²) in [7, 11) is 2.39. The molecule has 0 radical (unpaired) electrons. The topological polar surface area (TPSA) is 72.8 Å². The Balaban J connectivity index is 3.71. The van der Waals surface area contributed by atoms with Gasteiger partial charge in [-0.1, -0.05) is 150 Å². The Morgan fingerprint density at radius 2 is 0.822 bits per heavy atom. The van der Waals surface area contributed by atoms with Crippen LogP contribution in [-0.4, -0.2) is 35.6 Å². The summed E-state index contributed by atoms with van der Waals surface area (Å²) in [6.45, 7) is 4.15. The second kappa shape index (κ2) is 35.7. The van der Waals surface area contributed by atoms with E-state index in [9.17, 15) is 14.7 Å². The summed E-state index contributed by atoms with van der Waals surface area (Å²) in [4.78, 5) is 24.5. The van der Waals surface area contributed by atoms with Gasteiger partial charge in [0, 0.05) is 12.8 Å². The van der Waals surface area contributed by atoms with Crippen LogP contribution in [0.4, 0.5) is 0 Å². The number of carbonyl (C=O) groups is 2. The average molecular weight is 653 g/mol. The minimum Gasteiger partial charge on any atom is -0.456 e. The molecule has 0 aromatic heterocycles. The summed E-state index contributed by atoms with van der Waals surface area (Å²) < 4.78 is 10.8. The lowest BCUT2D eigenvalue weighted by atomic mass is 10.1. The third-order valence-corrected chi connectivity index (χ3v) is 8.95. The number of aliphatic hydroxyl groups excluding tert-OH is 1. The van der Waals surface area contributed by atoms with E-state index in [1.165, 1.54) is 116 Å². The van der Waals surface area contributed by atoms with Crippen LogP contribution >= 0.6 is 9.24 Å². The fourth-order valence-corrected chi connectivity index (χ4v) is 5.75. The van der Waals surface area contributed by atoms with Crippen LogP contribution in [0.3, 0.4) is 0 Å². The number of aliphatic hydroxyl groups is 1. The number of carbonyl (C=O) groups excluding carboxylic acids is 2. The second-order valence-corrected chi connectivity index (χ2v) is 13.5. The zero-order chi connectivity index (χ0) is 33.1. The van der Waals surface area contributed by atoms with Crippen molar-refractivity contribution < 1.29 is 24.2 Å². The summed E-state index contributed by atoms with van der Waals surface area (Å²) in [5.41, 5.74) is 0. The van der Waals surface area contributed by atoms with E-state index in [4.69, 9.17) is 9.47 Å². The number of ether oxygens (including phenoxy) is 2. The van der Waals surface area contributed by atoms with Crippen molar-refractivity contribution >= 4 is 21.2 Å². The third kappa shape index (κ3) is 32.5. The van der Waals surface area contributed by atoms with Crippen LogP contribution in [0.25, 0.3) is 0 Å². The first-order chi connectivity index (χ1) is 22.0. The third-order valence-electron chi connectivity index (χ3n) is 8.38. The van der Waals surface area contributed by atoms with Gasteiger partial charge in [-0.05, 0) is 64.2 Å². The highest BCUT2D eigenvalue weighted by Crippen LogP contribution is 2.17. The Morgan fingerprint density at radius 1 is 0.511 bits per heavy atom. The van der Waals surface area contributed by atoms with Crippen molar-refractivity contribution in [1.29, 1.82) is 0 Å². The van der Waals surface area contributed by atoms with Gasteiger partial charge in [-0.15, -0.1) is 0 Å². The normalized spacial score (nSPS) is 13.1. The number of allylic oxidation sites excluding steroid dienone is 4. The Morgan fingerprint density at radius 3 is 1.18 bits per heavy atom. The fraction of sp³-hybridized carbons (Fsp3) is 0.846. The number of esters is 2. The van der Waals surface area contributed by atoms with Crippen molar-refractivity contribution in [2.75, 3.05) is 6.61 Å². The lowest BCUT2D eigenvalue weighted by Gasteiger charge is -2.22. The van der Waals surface area contributed by atoms with Crippen molar-refractivity contribution in [3.05, 3.63) is 24.3 Å². The van der Waals surface area contributed by atoms with E-state index in [0.29, 0.717) is 12.8 Å². The Labute approximate surface area is 281 Å². The minimum atomic E-state index is -0.844. The van der Waals surface area contributed by atoms with Crippen LogP contribution in [0.5, 0.6) is 0 Å². The van der Waals surface area contributed by atoms with E-state index in [-0.39, 0.29) is 18.5 Å². The molecule has 0 aromatic carbocycles. The van der Waals surface area contributed by atoms with Gasteiger partial charge in [0.05, 0.1) is 6.61 Å². The molecule has 45 heavy (non-hydrogen) atoms. The molecule has 0 heterocycles. The molecular formula is C39H73O5P. The van der Waals surface area contributed by atoms with Gasteiger partial charge in [0.15, 0.2) is 11.9 Å². The van der Waals surface area contributed by atoms with Gasteiger partial charge in [0.25, 0.3) is 0 Å². The van der Waals surface area contributed by atoms with Gasteiger partial charge in [-0.25, -0.2) is 0 Å². The largest absolute Gasteiger partial charge is 0.456 e. The molecule has 0 rings (SSSR count). The van der Waals surface area contributed by atoms with E-state index in [0.717, 1.165) is 51.4 Å². The van der Waals surface area contributed by atoms with Crippen LogP contribution in [0.15, 0.2) is 24.3 Å². The smallest absolute Gasteiger partial charge is 0.306 e. The highest BCUT2D eigenvalue weighted by molar-refractivity contribution is 7.17. The maximum absolute atomic E-state index is 12.3. The van der Waals surface area contributed by atoms with Crippen LogP contribution < -0.4 is 0 Å². The summed E-state index contributed by atoms with van der Waals surface area (Å²) in [5, 5.41) is 9.69. The molecule has 3 atom stereocenters. The molecule has 0 bridgehead atoms. The van der Waals surface area contributed by atoms with Crippen molar-refractivity contribution in [3.63, 3.8) is 0 Å². The summed E-state index contributed by atoms with van der Waals surface area (Å²) in [6.07, 6.45) is 40.6. The lowest BCUT2D eigenvalue weighted by Crippen LogP contribution is -2.34. The van der Waals surface area contributed by atoms with Gasteiger partial charge >= 0.3 is 11.9 Å². The van der Waals surface area contributed by atoms with Gasteiger partial charge in [0.2, 0.25) is 0 Å². The fourth-order valence-electron chi connectivity index (χ4n) is 5.40. The van der Waals surface area contributed by atoms with Crippen molar-refractivity contribution in [3.8, 4) is 0 Å². The molecule has 3 unspecified atom stereocenters. The number of rotatable bonds is 34. The Hall–Kier alpha value is -1.19. The van der Waals surface area contributed by atoms with E-state index in [1.54, 1.807) is 0 Å². The van der Waals surface area contributed by atoms with Gasteiger partial charge < -0.3 is 14.6 Å². The van der Waals surface area contributed by atoms with Crippen molar-refractivity contribution in [1.82, 2.24) is 0 Å². The predicted octanol–water partition coefficient (Wildman–Crippen LogP) is 11.7. The predicted molar refractivity (Wildman–Crippen MR) is 195 cm³/mol. The van der Waals surface area contributed by atoms with Crippen LogP contribution in [0.1, 0.15) is 194 Å².